The molecule has 98 valence electrons. The lowest BCUT2D eigenvalue weighted by molar-refractivity contribution is 0.0944. The van der Waals surface area contributed by atoms with Gasteiger partial charge in [-0.15, -0.1) is 11.6 Å². The summed E-state index contributed by atoms with van der Waals surface area (Å²) in [5.74, 6) is 1.70. The average Bonchev–Trinajstić information content (AvgIpc) is 2.83. The second-order valence-corrected chi connectivity index (χ2v) is 5.93. The maximum atomic E-state index is 11.9. The number of halogens is 2. The predicted molar refractivity (Wildman–Crippen MR) is 75.8 cm³/mol. The molecule has 1 amide bonds. The quantitative estimate of drug-likeness (QED) is 0.861. The molecule has 1 aromatic rings. The van der Waals surface area contributed by atoms with E-state index in [1.54, 1.807) is 18.5 Å². The lowest BCUT2D eigenvalue weighted by Crippen LogP contribution is -2.31. The minimum absolute atomic E-state index is 0.0657. The summed E-state index contributed by atoms with van der Waals surface area (Å²) in [6, 6.07) is 1.77. The standard InChI is InChI=1S/C13H16BrClN2O/c14-12-4-11(6-16-8-12)13(18)17-7-10-3-1-2-9(10)5-15/h4,6,8-10H,1-3,5,7H2,(H,17,18). The van der Waals surface area contributed by atoms with E-state index in [0.717, 1.165) is 10.9 Å². The third kappa shape index (κ3) is 3.45. The first-order valence-corrected chi connectivity index (χ1v) is 7.48. The van der Waals surface area contributed by atoms with E-state index in [-0.39, 0.29) is 5.91 Å². The Morgan fingerprint density at radius 1 is 1.44 bits per heavy atom. The molecule has 0 aliphatic heterocycles. The summed E-state index contributed by atoms with van der Waals surface area (Å²) in [6.45, 7) is 0.711. The molecule has 0 bridgehead atoms. The van der Waals surface area contributed by atoms with Crippen molar-refractivity contribution in [2.75, 3.05) is 12.4 Å². The summed E-state index contributed by atoms with van der Waals surface area (Å²) >= 11 is 9.24. The summed E-state index contributed by atoms with van der Waals surface area (Å²) in [4.78, 5) is 15.9. The number of pyridine rings is 1. The third-order valence-electron chi connectivity index (χ3n) is 3.51. The summed E-state index contributed by atoms with van der Waals surface area (Å²) in [6.07, 6.45) is 6.80. The Hall–Kier alpha value is -0.610. The van der Waals surface area contributed by atoms with E-state index in [2.05, 4.69) is 26.2 Å². The van der Waals surface area contributed by atoms with Crippen molar-refractivity contribution in [3.63, 3.8) is 0 Å². The Morgan fingerprint density at radius 3 is 2.94 bits per heavy atom. The normalized spacial score (nSPS) is 23.0. The van der Waals surface area contributed by atoms with Gasteiger partial charge >= 0.3 is 0 Å². The fourth-order valence-corrected chi connectivity index (χ4v) is 3.22. The summed E-state index contributed by atoms with van der Waals surface area (Å²) < 4.78 is 0.814. The minimum atomic E-state index is -0.0657. The molecule has 1 aliphatic rings. The number of carbonyl (C=O) groups is 1. The van der Waals surface area contributed by atoms with Gasteiger partial charge in [0, 0.05) is 29.3 Å². The van der Waals surface area contributed by atoms with Crippen LogP contribution < -0.4 is 5.32 Å². The van der Waals surface area contributed by atoms with Gasteiger partial charge in [0.25, 0.3) is 5.91 Å². The van der Waals surface area contributed by atoms with Crippen LogP contribution in [0.4, 0.5) is 0 Å². The van der Waals surface area contributed by atoms with Gasteiger partial charge in [-0.25, -0.2) is 0 Å². The van der Waals surface area contributed by atoms with Gasteiger partial charge in [0.1, 0.15) is 0 Å². The molecule has 0 saturated heterocycles. The molecule has 2 unspecified atom stereocenters. The SMILES string of the molecule is O=C(NCC1CCCC1CCl)c1cncc(Br)c1. The lowest BCUT2D eigenvalue weighted by Gasteiger charge is -2.17. The van der Waals surface area contributed by atoms with Crippen LogP contribution >= 0.6 is 27.5 Å². The Morgan fingerprint density at radius 2 is 2.22 bits per heavy atom. The van der Waals surface area contributed by atoms with E-state index in [4.69, 9.17) is 11.6 Å². The van der Waals surface area contributed by atoms with Crippen LogP contribution in [0.25, 0.3) is 0 Å². The molecular weight excluding hydrogens is 316 g/mol. The third-order valence-corrected chi connectivity index (χ3v) is 4.34. The van der Waals surface area contributed by atoms with Crippen molar-refractivity contribution in [1.29, 1.82) is 0 Å². The Labute approximate surface area is 120 Å². The molecule has 5 heteroatoms. The van der Waals surface area contributed by atoms with Crippen molar-refractivity contribution in [2.24, 2.45) is 11.8 Å². The smallest absolute Gasteiger partial charge is 0.252 e. The van der Waals surface area contributed by atoms with E-state index in [1.807, 2.05) is 0 Å². The number of nitrogens with one attached hydrogen (secondary N) is 1. The molecule has 18 heavy (non-hydrogen) atoms. The summed E-state index contributed by atoms with van der Waals surface area (Å²) in [5.41, 5.74) is 0.588. The highest BCUT2D eigenvalue weighted by Gasteiger charge is 2.26. The molecule has 0 radical (unpaired) electrons. The largest absolute Gasteiger partial charge is 0.352 e. The summed E-state index contributed by atoms with van der Waals surface area (Å²) in [7, 11) is 0. The van der Waals surface area contributed by atoms with Gasteiger partial charge in [-0.05, 0) is 46.7 Å². The molecule has 0 spiro atoms. The highest BCUT2D eigenvalue weighted by Crippen LogP contribution is 2.31. The van der Waals surface area contributed by atoms with Gasteiger partial charge in [0.15, 0.2) is 0 Å². The number of alkyl halides is 1. The van der Waals surface area contributed by atoms with Crippen molar-refractivity contribution in [1.82, 2.24) is 10.3 Å². The number of amides is 1. The number of aromatic nitrogens is 1. The highest BCUT2D eigenvalue weighted by atomic mass is 79.9. The van der Waals surface area contributed by atoms with E-state index in [0.29, 0.717) is 29.8 Å². The first-order valence-electron chi connectivity index (χ1n) is 6.15. The molecule has 3 nitrogen and oxygen atoms in total. The molecule has 2 rings (SSSR count). The van der Waals surface area contributed by atoms with Gasteiger partial charge in [-0.1, -0.05) is 6.42 Å². The van der Waals surface area contributed by atoms with Crippen LogP contribution in [0.3, 0.4) is 0 Å². The van der Waals surface area contributed by atoms with Crippen LogP contribution in [-0.4, -0.2) is 23.3 Å². The zero-order valence-electron chi connectivity index (χ0n) is 10.0. The Bertz CT molecular complexity index is 427. The van der Waals surface area contributed by atoms with E-state index < -0.39 is 0 Å². The number of rotatable bonds is 4. The molecule has 0 aromatic carbocycles. The maximum Gasteiger partial charge on any atom is 0.252 e. The zero-order valence-corrected chi connectivity index (χ0v) is 12.4. The molecule has 2 atom stereocenters. The van der Waals surface area contributed by atoms with Crippen molar-refractivity contribution >= 4 is 33.4 Å². The number of nitrogens with zero attached hydrogens (tertiary/aromatic N) is 1. The topological polar surface area (TPSA) is 42.0 Å². The monoisotopic (exact) mass is 330 g/mol. The van der Waals surface area contributed by atoms with E-state index >= 15 is 0 Å². The maximum absolute atomic E-state index is 11.9. The Kier molecular flexibility index (Phi) is 5.01. The van der Waals surface area contributed by atoms with Gasteiger partial charge in [-0.2, -0.15) is 0 Å². The first-order chi connectivity index (χ1) is 8.70. The van der Waals surface area contributed by atoms with Gasteiger partial charge in [0.2, 0.25) is 0 Å². The second kappa shape index (κ2) is 6.53. The minimum Gasteiger partial charge on any atom is -0.352 e. The zero-order chi connectivity index (χ0) is 13.0. The van der Waals surface area contributed by atoms with Crippen molar-refractivity contribution in [3.05, 3.63) is 28.5 Å². The second-order valence-electron chi connectivity index (χ2n) is 4.71. The van der Waals surface area contributed by atoms with E-state index in [1.165, 1.54) is 12.8 Å². The number of carbonyl (C=O) groups excluding carboxylic acids is 1. The number of hydrogen-bond acceptors (Lipinski definition) is 2. The highest BCUT2D eigenvalue weighted by molar-refractivity contribution is 9.10. The number of hydrogen-bond donors (Lipinski definition) is 1. The molecule has 1 N–H and O–H groups in total. The van der Waals surface area contributed by atoms with Crippen molar-refractivity contribution in [2.45, 2.75) is 19.3 Å². The first kappa shape index (κ1) is 13.8. The molecule has 1 aliphatic carbocycles. The van der Waals surface area contributed by atoms with Crippen LogP contribution in [0.1, 0.15) is 29.6 Å². The van der Waals surface area contributed by atoms with Crippen molar-refractivity contribution < 1.29 is 4.79 Å². The van der Waals surface area contributed by atoms with Crippen LogP contribution in [0.15, 0.2) is 22.9 Å². The molecule has 1 saturated carbocycles. The molecule has 1 fully saturated rings. The summed E-state index contributed by atoms with van der Waals surface area (Å²) in [5, 5.41) is 2.97. The van der Waals surface area contributed by atoms with Crippen LogP contribution in [0.5, 0.6) is 0 Å². The lowest BCUT2D eigenvalue weighted by atomic mass is 9.98. The predicted octanol–water partition coefficient (Wildman–Crippen LogP) is 3.23. The fraction of sp³-hybridized carbons (Fsp3) is 0.538. The van der Waals surface area contributed by atoms with Crippen LogP contribution in [-0.2, 0) is 0 Å². The molecule has 1 heterocycles. The Balaban J connectivity index is 1.88. The van der Waals surface area contributed by atoms with Crippen molar-refractivity contribution in [3.8, 4) is 0 Å². The van der Waals surface area contributed by atoms with Crippen LogP contribution in [0, 0.1) is 11.8 Å². The average molecular weight is 332 g/mol. The molecule has 1 aromatic heterocycles. The van der Waals surface area contributed by atoms with Gasteiger partial charge in [0.05, 0.1) is 5.56 Å². The fourth-order valence-electron chi connectivity index (χ4n) is 2.45. The van der Waals surface area contributed by atoms with Gasteiger partial charge < -0.3 is 5.32 Å². The van der Waals surface area contributed by atoms with Gasteiger partial charge in [-0.3, -0.25) is 9.78 Å². The van der Waals surface area contributed by atoms with E-state index in [9.17, 15) is 4.79 Å². The molecular formula is C13H16BrClN2O. The van der Waals surface area contributed by atoms with Crippen LogP contribution in [0.2, 0.25) is 0 Å².